The largest absolute Gasteiger partial charge is 0.497 e. The van der Waals surface area contributed by atoms with E-state index in [4.69, 9.17) is 17.0 Å². The summed E-state index contributed by atoms with van der Waals surface area (Å²) >= 11 is 7.32. The average molecular weight is 361 g/mol. The number of thiocarbonyl (C=S) groups is 1. The van der Waals surface area contributed by atoms with Gasteiger partial charge in [-0.2, -0.15) is 11.8 Å². The molecule has 1 atom stereocenters. The summed E-state index contributed by atoms with van der Waals surface area (Å²) < 4.78 is 5.25. The molecular weight excluding hydrogens is 336 g/mol. The standard InChI is InChI=1S/C19H24N2OS2/c1-22-17-11-9-16(10-12-17)18(15-7-4-3-5-8-15)21-19(23)20-13-6-14-24-2/h3-5,7-12,18H,6,13-14H2,1-2H3,(H2,20,21,23)/t18-/m1/s1. The second kappa shape index (κ2) is 10.2. The van der Waals surface area contributed by atoms with Crippen LogP contribution in [0.3, 0.4) is 0 Å². The molecule has 2 aromatic rings. The van der Waals surface area contributed by atoms with Crippen LogP contribution in [0.4, 0.5) is 0 Å². The highest BCUT2D eigenvalue weighted by Gasteiger charge is 2.15. The highest BCUT2D eigenvalue weighted by Crippen LogP contribution is 2.24. The summed E-state index contributed by atoms with van der Waals surface area (Å²) in [4.78, 5) is 0. The number of ether oxygens (including phenoxy) is 1. The van der Waals surface area contributed by atoms with E-state index in [2.05, 4.69) is 41.2 Å². The number of methoxy groups -OCH3 is 1. The molecule has 128 valence electrons. The molecule has 0 aliphatic carbocycles. The summed E-state index contributed by atoms with van der Waals surface area (Å²) in [7, 11) is 1.68. The topological polar surface area (TPSA) is 33.3 Å². The first-order chi connectivity index (χ1) is 11.7. The fourth-order valence-electron chi connectivity index (χ4n) is 2.40. The molecule has 0 unspecified atom stereocenters. The third-order valence-corrected chi connectivity index (χ3v) is 4.63. The zero-order valence-corrected chi connectivity index (χ0v) is 15.8. The van der Waals surface area contributed by atoms with Crippen molar-refractivity contribution in [1.82, 2.24) is 10.6 Å². The van der Waals surface area contributed by atoms with Gasteiger partial charge >= 0.3 is 0 Å². The normalized spacial score (nSPS) is 11.6. The van der Waals surface area contributed by atoms with E-state index in [9.17, 15) is 0 Å². The molecular formula is C19H24N2OS2. The van der Waals surface area contributed by atoms with Crippen LogP contribution in [-0.4, -0.2) is 30.8 Å². The van der Waals surface area contributed by atoms with E-state index in [1.165, 1.54) is 5.56 Å². The molecule has 2 rings (SSSR count). The quantitative estimate of drug-likeness (QED) is 0.549. The molecule has 24 heavy (non-hydrogen) atoms. The van der Waals surface area contributed by atoms with Crippen molar-refractivity contribution in [2.75, 3.05) is 25.7 Å². The lowest BCUT2D eigenvalue weighted by Crippen LogP contribution is -2.38. The average Bonchev–Trinajstić information content (AvgIpc) is 2.64. The first-order valence-corrected chi connectivity index (χ1v) is 9.77. The van der Waals surface area contributed by atoms with Crippen LogP contribution >= 0.6 is 24.0 Å². The molecule has 0 amide bonds. The van der Waals surface area contributed by atoms with E-state index < -0.39 is 0 Å². The highest BCUT2D eigenvalue weighted by atomic mass is 32.2. The Balaban J connectivity index is 2.10. The maximum Gasteiger partial charge on any atom is 0.167 e. The SMILES string of the molecule is COc1ccc([C@H](NC(=S)NCCCSC)c2ccccc2)cc1. The highest BCUT2D eigenvalue weighted by molar-refractivity contribution is 7.98. The summed E-state index contributed by atoms with van der Waals surface area (Å²) in [5.41, 5.74) is 2.33. The summed E-state index contributed by atoms with van der Waals surface area (Å²) in [6.07, 6.45) is 3.22. The van der Waals surface area contributed by atoms with Gasteiger partial charge in [-0.3, -0.25) is 0 Å². The van der Waals surface area contributed by atoms with Gasteiger partial charge < -0.3 is 15.4 Å². The van der Waals surface area contributed by atoms with Gasteiger partial charge in [-0.1, -0.05) is 42.5 Å². The van der Waals surface area contributed by atoms with Crippen LogP contribution in [0, 0.1) is 0 Å². The van der Waals surface area contributed by atoms with Gasteiger partial charge in [-0.05, 0) is 53.9 Å². The van der Waals surface area contributed by atoms with Gasteiger partial charge in [0.15, 0.2) is 5.11 Å². The fourth-order valence-corrected chi connectivity index (χ4v) is 3.05. The number of thioether (sulfide) groups is 1. The second-order valence-electron chi connectivity index (χ2n) is 5.36. The minimum Gasteiger partial charge on any atom is -0.497 e. The van der Waals surface area contributed by atoms with Crippen molar-refractivity contribution in [3.63, 3.8) is 0 Å². The molecule has 0 saturated carbocycles. The third-order valence-electron chi connectivity index (χ3n) is 3.67. The molecule has 5 heteroatoms. The Morgan fingerprint density at radius 1 is 1.08 bits per heavy atom. The van der Waals surface area contributed by atoms with E-state index in [-0.39, 0.29) is 6.04 Å². The lowest BCUT2D eigenvalue weighted by atomic mass is 9.99. The molecule has 0 aliphatic heterocycles. The lowest BCUT2D eigenvalue weighted by Gasteiger charge is -2.22. The Morgan fingerprint density at radius 2 is 1.75 bits per heavy atom. The summed E-state index contributed by atoms with van der Waals surface area (Å²) in [6, 6.07) is 18.4. The van der Waals surface area contributed by atoms with Crippen LogP contribution in [0.15, 0.2) is 54.6 Å². The van der Waals surface area contributed by atoms with Crippen molar-refractivity contribution in [1.29, 1.82) is 0 Å². The van der Waals surface area contributed by atoms with Crippen LogP contribution in [0.5, 0.6) is 5.75 Å². The van der Waals surface area contributed by atoms with Crippen molar-refractivity contribution in [2.24, 2.45) is 0 Å². The molecule has 0 saturated heterocycles. The van der Waals surface area contributed by atoms with Gasteiger partial charge in [0, 0.05) is 6.54 Å². The van der Waals surface area contributed by atoms with E-state index >= 15 is 0 Å². The van der Waals surface area contributed by atoms with Gasteiger partial charge in [0.2, 0.25) is 0 Å². The summed E-state index contributed by atoms with van der Waals surface area (Å²) in [6.45, 7) is 0.886. The summed E-state index contributed by atoms with van der Waals surface area (Å²) in [5.74, 6) is 1.99. The zero-order valence-electron chi connectivity index (χ0n) is 14.1. The number of hydrogen-bond acceptors (Lipinski definition) is 3. The lowest BCUT2D eigenvalue weighted by molar-refractivity contribution is 0.414. The van der Waals surface area contributed by atoms with E-state index in [1.54, 1.807) is 7.11 Å². The zero-order chi connectivity index (χ0) is 17.2. The monoisotopic (exact) mass is 360 g/mol. The van der Waals surface area contributed by atoms with Gasteiger partial charge in [0.25, 0.3) is 0 Å². The van der Waals surface area contributed by atoms with Crippen LogP contribution in [-0.2, 0) is 0 Å². The first-order valence-electron chi connectivity index (χ1n) is 7.97. The first kappa shape index (κ1) is 18.6. The third kappa shape index (κ3) is 5.73. The second-order valence-corrected chi connectivity index (χ2v) is 6.76. The molecule has 0 aliphatic rings. The smallest absolute Gasteiger partial charge is 0.167 e. The van der Waals surface area contributed by atoms with Gasteiger partial charge in [-0.25, -0.2) is 0 Å². The van der Waals surface area contributed by atoms with E-state index in [1.807, 2.05) is 42.1 Å². The van der Waals surface area contributed by atoms with Crippen molar-refractivity contribution in [2.45, 2.75) is 12.5 Å². The van der Waals surface area contributed by atoms with E-state index in [0.29, 0.717) is 5.11 Å². The van der Waals surface area contributed by atoms with Crippen LogP contribution in [0.1, 0.15) is 23.6 Å². The van der Waals surface area contributed by atoms with Crippen LogP contribution < -0.4 is 15.4 Å². The predicted octanol–water partition coefficient (Wildman–Crippen LogP) is 4.00. The van der Waals surface area contributed by atoms with E-state index in [0.717, 1.165) is 30.0 Å². The Kier molecular flexibility index (Phi) is 7.92. The Morgan fingerprint density at radius 3 is 2.38 bits per heavy atom. The van der Waals surface area contributed by atoms with Gasteiger partial charge in [-0.15, -0.1) is 0 Å². The maximum atomic E-state index is 5.47. The van der Waals surface area contributed by atoms with Crippen molar-refractivity contribution >= 4 is 29.1 Å². The molecule has 3 nitrogen and oxygen atoms in total. The molecule has 0 fully saturated rings. The summed E-state index contributed by atoms with van der Waals surface area (Å²) in [5, 5.41) is 7.41. The van der Waals surface area contributed by atoms with Crippen molar-refractivity contribution in [3.8, 4) is 5.75 Å². The van der Waals surface area contributed by atoms with Gasteiger partial charge in [0.05, 0.1) is 13.2 Å². The molecule has 0 aromatic heterocycles. The number of hydrogen-bond donors (Lipinski definition) is 2. The minimum absolute atomic E-state index is 0.0117. The molecule has 2 N–H and O–H groups in total. The van der Waals surface area contributed by atoms with Crippen LogP contribution in [0.2, 0.25) is 0 Å². The van der Waals surface area contributed by atoms with Gasteiger partial charge in [0.1, 0.15) is 5.75 Å². The van der Waals surface area contributed by atoms with Crippen molar-refractivity contribution in [3.05, 3.63) is 65.7 Å². The molecule has 0 bridgehead atoms. The fraction of sp³-hybridized carbons (Fsp3) is 0.316. The van der Waals surface area contributed by atoms with Crippen LogP contribution in [0.25, 0.3) is 0 Å². The predicted molar refractivity (Wildman–Crippen MR) is 108 cm³/mol. The number of rotatable bonds is 8. The Labute approximate surface area is 154 Å². The molecule has 0 heterocycles. The molecule has 0 spiro atoms. The number of nitrogens with one attached hydrogen (secondary N) is 2. The molecule has 0 radical (unpaired) electrons. The Hall–Kier alpha value is -1.72. The number of benzene rings is 2. The van der Waals surface area contributed by atoms with Crippen molar-refractivity contribution < 1.29 is 4.74 Å². The Bertz CT molecular complexity index is 617. The minimum atomic E-state index is 0.0117. The molecule has 2 aromatic carbocycles. The maximum absolute atomic E-state index is 5.47.